The highest BCUT2D eigenvalue weighted by Gasteiger charge is 2.38. The minimum absolute atomic E-state index is 0.0948. The molecule has 0 bridgehead atoms. The summed E-state index contributed by atoms with van der Waals surface area (Å²) in [5, 5.41) is 9.12. The summed E-state index contributed by atoms with van der Waals surface area (Å²) in [6.07, 6.45) is 7.01. The topological polar surface area (TPSA) is 50.1 Å². The average molecular weight is 207 g/mol. The highest BCUT2D eigenvalue weighted by Crippen LogP contribution is 2.36. The molecule has 1 atom stereocenters. The summed E-state index contributed by atoms with van der Waals surface area (Å²) in [7, 11) is 0. The van der Waals surface area contributed by atoms with Crippen molar-refractivity contribution in [3.05, 3.63) is 12.3 Å². The van der Waals surface area contributed by atoms with Crippen LogP contribution in [0.4, 0.5) is 0 Å². The van der Waals surface area contributed by atoms with Gasteiger partial charge in [-0.25, -0.2) is 0 Å². The Labute approximate surface area is 90.7 Å². The third-order valence-electron chi connectivity index (χ3n) is 2.83. The van der Waals surface area contributed by atoms with E-state index in [4.69, 9.17) is 10.00 Å². The Morgan fingerprint density at radius 1 is 1.60 bits per heavy atom. The molecule has 1 unspecified atom stereocenters. The van der Waals surface area contributed by atoms with E-state index < -0.39 is 5.41 Å². The van der Waals surface area contributed by atoms with Gasteiger partial charge in [0.25, 0.3) is 0 Å². The lowest BCUT2D eigenvalue weighted by Crippen LogP contribution is -2.32. The smallest absolute Gasteiger partial charge is 0.153 e. The Bertz CT molecular complexity index is 290. The third-order valence-corrected chi connectivity index (χ3v) is 2.83. The molecule has 0 heterocycles. The molecule has 0 aromatic heterocycles. The molecule has 1 fully saturated rings. The van der Waals surface area contributed by atoms with E-state index in [0.717, 1.165) is 12.8 Å². The summed E-state index contributed by atoms with van der Waals surface area (Å²) in [6, 6.07) is 2.19. The Balaban J connectivity index is 2.60. The monoisotopic (exact) mass is 207 g/mol. The molecular formula is C12H17NO2. The van der Waals surface area contributed by atoms with Gasteiger partial charge in [-0.2, -0.15) is 5.26 Å². The average Bonchev–Trinajstić information content (AvgIpc) is 2.27. The van der Waals surface area contributed by atoms with E-state index in [9.17, 15) is 4.79 Å². The second-order valence-electron chi connectivity index (χ2n) is 3.86. The van der Waals surface area contributed by atoms with Crippen LogP contribution in [-0.2, 0) is 9.53 Å². The van der Waals surface area contributed by atoms with Gasteiger partial charge in [0, 0.05) is 6.42 Å². The second-order valence-corrected chi connectivity index (χ2v) is 3.86. The number of Topliss-reactive ketones (excluding diaryl/α,β-unsaturated/α-hetero) is 1. The lowest BCUT2D eigenvalue weighted by Gasteiger charge is -2.27. The molecule has 0 aliphatic heterocycles. The number of ketones is 1. The van der Waals surface area contributed by atoms with Crippen LogP contribution in [0.5, 0.6) is 0 Å². The maximum atomic E-state index is 11.7. The molecule has 3 nitrogen and oxygen atoms in total. The molecule has 1 aliphatic carbocycles. The van der Waals surface area contributed by atoms with Gasteiger partial charge in [-0.3, -0.25) is 4.79 Å². The molecule has 0 radical (unpaired) electrons. The number of ether oxygens (including phenoxy) is 1. The number of carbonyl (C=O) groups is 1. The fraction of sp³-hybridized carbons (Fsp3) is 0.667. The van der Waals surface area contributed by atoms with Crippen molar-refractivity contribution in [3.63, 3.8) is 0 Å². The van der Waals surface area contributed by atoms with Gasteiger partial charge in [0.15, 0.2) is 5.78 Å². The zero-order valence-electron chi connectivity index (χ0n) is 9.16. The van der Waals surface area contributed by atoms with Crippen LogP contribution in [0.1, 0.15) is 39.0 Å². The van der Waals surface area contributed by atoms with Gasteiger partial charge in [-0.1, -0.05) is 6.42 Å². The summed E-state index contributed by atoms with van der Waals surface area (Å²) in [4.78, 5) is 11.7. The largest absolute Gasteiger partial charge is 0.502 e. The quantitative estimate of drug-likeness (QED) is 0.666. The normalized spacial score (nSPS) is 26.5. The van der Waals surface area contributed by atoms with E-state index in [-0.39, 0.29) is 5.78 Å². The molecule has 0 N–H and O–H groups in total. The molecule has 1 aliphatic rings. The molecule has 0 spiro atoms. The minimum atomic E-state index is -0.772. The summed E-state index contributed by atoms with van der Waals surface area (Å²) < 4.78 is 5.05. The van der Waals surface area contributed by atoms with Crippen LogP contribution in [0.25, 0.3) is 0 Å². The molecule has 0 saturated heterocycles. The van der Waals surface area contributed by atoms with Gasteiger partial charge < -0.3 is 4.74 Å². The first-order chi connectivity index (χ1) is 7.25. The van der Waals surface area contributed by atoms with E-state index in [2.05, 4.69) is 6.07 Å². The zero-order valence-corrected chi connectivity index (χ0v) is 9.16. The van der Waals surface area contributed by atoms with Crippen LogP contribution in [0.3, 0.4) is 0 Å². The Morgan fingerprint density at radius 3 is 3.00 bits per heavy atom. The molecule has 0 aromatic rings. The Kier molecular flexibility index (Phi) is 4.36. The summed E-state index contributed by atoms with van der Waals surface area (Å²) in [5.74, 6) is 0.0948. The fourth-order valence-electron chi connectivity index (χ4n) is 1.88. The summed E-state index contributed by atoms with van der Waals surface area (Å²) in [5.41, 5.74) is -0.772. The molecule has 82 valence electrons. The number of hydrogen-bond acceptors (Lipinski definition) is 3. The standard InChI is InChI=1S/C12H17NO2/c1-2-15-9-5-8-12(10-13)7-4-3-6-11(12)14/h5,9H,2-4,6-8H2,1H3/b9-5-. The third kappa shape index (κ3) is 2.82. The number of nitrogens with zero attached hydrogens (tertiary/aromatic N) is 1. The molecule has 0 aromatic carbocycles. The predicted molar refractivity (Wildman–Crippen MR) is 56.9 cm³/mol. The highest BCUT2D eigenvalue weighted by molar-refractivity contribution is 5.88. The van der Waals surface area contributed by atoms with E-state index >= 15 is 0 Å². The van der Waals surface area contributed by atoms with Gasteiger partial charge in [0.2, 0.25) is 0 Å². The summed E-state index contributed by atoms with van der Waals surface area (Å²) >= 11 is 0. The van der Waals surface area contributed by atoms with Crippen molar-refractivity contribution in [1.82, 2.24) is 0 Å². The van der Waals surface area contributed by atoms with Gasteiger partial charge in [0.05, 0.1) is 18.9 Å². The van der Waals surface area contributed by atoms with Crippen LogP contribution in [-0.4, -0.2) is 12.4 Å². The fourth-order valence-corrected chi connectivity index (χ4v) is 1.88. The van der Waals surface area contributed by atoms with Crippen LogP contribution in [0.15, 0.2) is 12.3 Å². The van der Waals surface area contributed by atoms with E-state index in [1.165, 1.54) is 0 Å². The van der Waals surface area contributed by atoms with Crippen molar-refractivity contribution >= 4 is 5.78 Å². The van der Waals surface area contributed by atoms with Gasteiger partial charge >= 0.3 is 0 Å². The molecule has 0 amide bonds. The van der Waals surface area contributed by atoms with E-state index in [1.54, 1.807) is 12.3 Å². The predicted octanol–water partition coefficient (Wildman–Crippen LogP) is 2.58. The van der Waals surface area contributed by atoms with Crippen molar-refractivity contribution in [3.8, 4) is 6.07 Å². The van der Waals surface area contributed by atoms with Crippen molar-refractivity contribution in [2.75, 3.05) is 6.61 Å². The maximum absolute atomic E-state index is 11.7. The van der Waals surface area contributed by atoms with E-state index in [0.29, 0.717) is 25.9 Å². The van der Waals surface area contributed by atoms with Crippen molar-refractivity contribution in [2.45, 2.75) is 39.0 Å². The Hall–Kier alpha value is -1.30. The minimum Gasteiger partial charge on any atom is -0.502 e. The molecule has 15 heavy (non-hydrogen) atoms. The highest BCUT2D eigenvalue weighted by atomic mass is 16.5. The maximum Gasteiger partial charge on any atom is 0.153 e. The SMILES string of the molecule is CCO/C=C\CC1(C#N)CCCCC1=O. The van der Waals surface area contributed by atoms with Gasteiger partial charge in [-0.05, 0) is 32.3 Å². The number of allylic oxidation sites excluding steroid dienone is 1. The number of hydrogen-bond donors (Lipinski definition) is 0. The van der Waals surface area contributed by atoms with Gasteiger partial charge in [0.1, 0.15) is 5.41 Å². The van der Waals surface area contributed by atoms with Crippen molar-refractivity contribution in [2.24, 2.45) is 5.41 Å². The van der Waals surface area contributed by atoms with Crippen LogP contribution >= 0.6 is 0 Å². The van der Waals surface area contributed by atoms with Crippen molar-refractivity contribution < 1.29 is 9.53 Å². The summed E-state index contributed by atoms with van der Waals surface area (Å²) in [6.45, 7) is 2.51. The zero-order chi connectivity index (χ0) is 11.1. The first-order valence-electron chi connectivity index (χ1n) is 5.46. The first kappa shape index (κ1) is 11.8. The van der Waals surface area contributed by atoms with Crippen LogP contribution < -0.4 is 0 Å². The Morgan fingerprint density at radius 2 is 2.40 bits per heavy atom. The van der Waals surface area contributed by atoms with Gasteiger partial charge in [-0.15, -0.1) is 0 Å². The first-order valence-corrected chi connectivity index (χ1v) is 5.46. The lowest BCUT2D eigenvalue weighted by atomic mass is 9.72. The lowest BCUT2D eigenvalue weighted by molar-refractivity contribution is -0.127. The number of nitriles is 1. The van der Waals surface area contributed by atoms with Crippen molar-refractivity contribution in [1.29, 1.82) is 5.26 Å². The van der Waals surface area contributed by atoms with E-state index in [1.807, 2.05) is 6.92 Å². The molecule has 1 rings (SSSR count). The van der Waals surface area contributed by atoms with Crippen LogP contribution in [0, 0.1) is 16.7 Å². The molecule has 3 heteroatoms. The van der Waals surface area contributed by atoms with Crippen LogP contribution in [0.2, 0.25) is 0 Å². The number of rotatable bonds is 4. The number of carbonyl (C=O) groups excluding carboxylic acids is 1. The second kappa shape index (κ2) is 5.55. The molecular weight excluding hydrogens is 190 g/mol. The molecule has 1 saturated carbocycles.